The van der Waals surface area contributed by atoms with E-state index in [0.717, 1.165) is 51.4 Å². The highest BCUT2D eigenvalue weighted by Gasteiger charge is 2.70. The van der Waals surface area contributed by atoms with Gasteiger partial charge in [0.15, 0.2) is 18.9 Å². The normalized spacial score (nSPS) is 55.4. The summed E-state index contributed by atoms with van der Waals surface area (Å²) in [5.74, 6) is 1.54. The molecule has 3 saturated heterocycles. The summed E-state index contributed by atoms with van der Waals surface area (Å²) < 4.78 is 42.8. The maximum absolute atomic E-state index is 13.8. The molecule has 5 aliphatic carbocycles. The van der Waals surface area contributed by atoms with Gasteiger partial charge in [-0.05, 0) is 123 Å². The standard InChI is InChI=1S/C49H80O16/c1-22-13-18-49(44(58)59-10)20-19-47(8)26(31(49)23(22)2)11-12-29-46(7)16-15-30(45(5,6)28(46)14-17-48(29,47)9)63-43-40(65-42-37(56)35(54)33(52)25(4)61-42)38(57)39(27(21-50)62-43)64-41-36(55)34(53)32(51)24(3)60-41/h11,22-25,27-43,50-57H,12-21H2,1-10H3/t22-,23+,24+,25+,27-,28?,29?,30+,31?,32+,33+,34-,35-,36-,37-,38+,39-,40-,41+,42+,43+,46+,47-,48-,49+/m1/s1. The van der Waals surface area contributed by atoms with Gasteiger partial charge < -0.3 is 74.0 Å². The highest BCUT2D eigenvalue weighted by Crippen LogP contribution is 2.76. The monoisotopic (exact) mass is 925 g/mol. The van der Waals surface area contributed by atoms with Crippen LogP contribution < -0.4 is 0 Å². The molecular formula is C49H80O16. The van der Waals surface area contributed by atoms with Crippen LogP contribution in [0.4, 0.5) is 0 Å². The van der Waals surface area contributed by atoms with Gasteiger partial charge in [0.1, 0.15) is 61.0 Å². The molecule has 3 aliphatic heterocycles. The molecule has 0 amide bonds. The first-order valence-electron chi connectivity index (χ1n) is 24.5. The van der Waals surface area contributed by atoms with E-state index >= 15 is 0 Å². The minimum Gasteiger partial charge on any atom is -0.469 e. The van der Waals surface area contributed by atoms with Gasteiger partial charge in [-0.3, -0.25) is 4.79 Å². The molecule has 0 bridgehead atoms. The number of carbonyl (C=O) groups excluding carboxylic acids is 1. The van der Waals surface area contributed by atoms with E-state index in [-0.39, 0.29) is 34.1 Å². The molecule has 65 heavy (non-hydrogen) atoms. The molecule has 0 aromatic heterocycles. The number of aliphatic hydroxyl groups excluding tert-OH is 8. The van der Waals surface area contributed by atoms with Crippen molar-refractivity contribution in [1.29, 1.82) is 0 Å². The molecule has 3 heterocycles. The van der Waals surface area contributed by atoms with E-state index < -0.39 is 116 Å². The third-order valence-electron chi connectivity index (χ3n) is 19.8. The van der Waals surface area contributed by atoms with Crippen LogP contribution in [-0.2, 0) is 38.0 Å². The summed E-state index contributed by atoms with van der Waals surface area (Å²) in [7, 11) is 1.54. The van der Waals surface area contributed by atoms with Crippen molar-refractivity contribution in [2.75, 3.05) is 13.7 Å². The van der Waals surface area contributed by atoms with Gasteiger partial charge in [-0.25, -0.2) is 0 Å². The highest BCUT2D eigenvalue weighted by atomic mass is 16.8. The van der Waals surface area contributed by atoms with Crippen molar-refractivity contribution in [2.45, 2.75) is 218 Å². The number of methoxy groups -OCH3 is 1. The quantitative estimate of drug-likeness (QED) is 0.0992. The zero-order chi connectivity index (χ0) is 47.5. The van der Waals surface area contributed by atoms with Crippen molar-refractivity contribution >= 4 is 5.97 Å². The molecule has 0 radical (unpaired) electrons. The van der Waals surface area contributed by atoms with Crippen LogP contribution >= 0.6 is 0 Å². The van der Waals surface area contributed by atoms with E-state index in [9.17, 15) is 45.6 Å². The Morgan fingerprint density at radius 3 is 1.85 bits per heavy atom. The average Bonchev–Trinajstić information content (AvgIpc) is 3.26. The van der Waals surface area contributed by atoms with Crippen LogP contribution in [0, 0.1) is 56.7 Å². The number of fused-ring (bicyclic) bond motifs is 7. The molecule has 0 aromatic rings. The molecule has 8 aliphatic rings. The first kappa shape index (κ1) is 50.1. The van der Waals surface area contributed by atoms with Gasteiger partial charge in [0.05, 0.1) is 37.4 Å². The second kappa shape index (κ2) is 17.8. The van der Waals surface area contributed by atoms with E-state index in [2.05, 4.69) is 54.5 Å². The molecule has 3 unspecified atom stereocenters. The third-order valence-corrected chi connectivity index (χ3v) is 19.8. The Labute approximate surface area is 384 Å². The maximum atomic E-state index is 13.8. The first-order valence-corrected chi connectivity index (χ1v) is 24.5. The van der Waals surface area contributed by atoms with Crippen molar-refractivity contribution < 1.29 is 78.8 Å². The summed E-state index contributed by atoms with van der Waals surface area (Å²) in [5.41, 5.74) is 0.351. The number of rotatable bonds is 8. The van der Waals surface area contributed by atoms with Crippen molar-refractivity contribution in [3.05, 3.63) is 11.6 Å². The molecule has 8 N–H and O–H groups in total. The molecule has 4 saturated carbocycles. The number of aliphatic hydroxyl groups is 8. The van der Waals surface area contributed by atoms with Gasteiger partial charge in [-0.15, -0.1) is 0 Å². The minimum absolute atomic E-state index is 0.0225. The summed E-state index contributed by atoms with van der Waals surface area (Å²) in [4.78, 5) is 13.8. The summed E-state index contributed by atoms with van der Waals surface area (Å²) in [6, 6.07) is 0. The number of hydrogen-bond donors (Lipinski definition) is 8. The molecule has 0 spiro atoms. The Bertz CT molecular complexity index is 1760. The number of ether oxygens (including phenoxy) is 7. The predicted molar refractivity (Wildman–Crippen MR) is 232 cm³/mol. The molecule has 16 nitrogen and oxygen atoms in total. The van der Waals surface area contributed by atoms with Crippen LogP contribution in [0.5, 0.6) is 0 Å². The van der Waals surface area contributed by atoms with Crippen molar-refractivity contribution in [3.63, 3.8) is 0 Å². The van der Waals surface area contributed by atoms with Crippen LogP contribution in [0.25, 0.3) is 0 Å². The number of carbonyl (C=O) groups is 1. The van der Waals surface area contributed by atoms with Crippen molar-refractivity contribution in [2.24, 2.45) is 56.7 Å². The van der Waals surface area contributed by atoms with Crippen molar-refractivity contribution in [1.82, 2.24) is 0 Å². The Balaban J connectivity index is 1.07. The van der Waals surface area contributed by atoms with Gasteiger partial charge in [-0.1, -0.05) is 60.1 Å². The molecule has 372 valence electrons. The van der Waals surface area contributed by atoms with E-state index in [4.69, 9.17) is 33.2 Å². The number of allylic oxidation sites excluding steroid dienone is 2. The van der Waals surface area contributed by atoms with E-state index in [1.807, 2.05) is 0 Å². The molecule has 8 rings (SSSR count). The Hall–Kier alpha value is -1.35. The Morgan fingerprint density at radius 1 is 0.662 bits per heavy atom. The zero-order valence-corrected chi connectivity index (χ0v) is 40.1. The molecule has 16 heteroatoms. The SMILES string of the molecule is COC(=O)[C@]12CC[C@@H](C)[C@H](C)C1C1=CCC3[C@@]4(C)CC[C@H](O[C@@H]5O[C@H](CO)[C@@H](O[C@@H]6O[C@@H](C)[C@H](O)[C@@H](O)[C@H]6O)[C@H](O)[C@H]5O[C@@H]5O[C@@H](C)[C@H](O)[C@@H](O)[C@H]5O)C(C)(C)C4CC[C@@]3(C)[C@]1(C)CC2. The van der Waals surface area contributed by atoms with E-state index in [1.54, 1.807) is 7.11 Å². The lowest BCUT2D eigenvalue weighted by molar-refractivity contribution is -0.393. The van der Waals surface area contributed by atoms with Gasteiger partial charge in [0, 0.05) is 0 Å². The van der Waals surface area contributed by atoms with Crippen LogP contribution in [0.2, 0.25) is 0 Å². The molecule has 7 fully saturated rings. The fraction of sp³-hybridized carbons (Fsp3) is 0.939. The largest absolute Gasteiger partial charge is 0.469 e. The predicted octanol–water partition coefficient (Wildman–Crippen LogP) is 2.71. The van der Waals surface area contributed by atoms with Gasteiger partial charge in [0.25, 0.3) is 0 Å². The second-order valence-electron chi connectivity index (χ2n) is 23.1. The Kier molecular flexibility index (Phi) is 13.7. The molecular weight excluding hydrogens is 845 g/mol. The lowest BCUT2D eigenvalue weighted by Gasteiger charge is -2.71. The number of hydrogen-bond acceptors (Lipinski definition) is 16. The summed E-state index contributed by atoms with van der Waals surface area (Å²) in [6.45, 7) is 19.0. The third kappa shape index (κ3) is 7.64. The maximum Gasteiger partial charge on any atom is 0.312 e. The fourth-order valence-corrected chi connectivity index (χ4v) is 15.5. The van der Waals surface area contributed by atoms with E-state index in [0.29, 0.717) is 24.2 Å². The number of esters is 1. The molecule has 0 aromatic carbocycles. The zero-order valence-electron chi connectivity index (χ0n) is 40.1. The summed E-state index contributed by atoms with van der Waals surface area (Å²) in [5, 5.41) is 86.7. The lowest BCUT2D eigenvalue weighted by Crippen LogP contribution is -2.68. The van der Waals surface area contributed by atoms with E-state index in [1.165, 1.54) is 19.4 Å². The van der Waals surface area contributed by atoms with Gasteiger partial charge in [-0.2, -0.15) is 0 Å². The van der Waals surface area contributed by atoms with Crippen LogP contribution in [-0.4, -0.2) is 159 Å². The van der Waals surface area contributed by atoms with Crippen molar-refractivity contribution in [3.8, 4) is 0 Å². The van der Waals surface area contributed by atoms with Crippen LogP contribution in [0.3, 0.4) is 0 Å². The Morgan fingerprint density at radius 2 is 1.26 bits per heavy atom. The molecule has 25 atom stereocenters. The van der Waals surface area contributed by atoms with Crippen LogP contribution in [0.1, 0.15) is 120 Å². The second-order valence-corrected chi connectivity index (χ2v) is 23.1. The van der Waals surface area contributed by atoms with Gasteiger partial charge in [0.2, 0.25) is 0 Å². The average molecular weight is 925 g/mol. The van der Waals surface area contributed by atoms with Gasteiger partial charge >= 0.3 is 5.97 Å². The lowest BCUT2D eigenvalue weighted by atomic mass is 9.33. The summed E-state index contributed by atoms with van der Waals surface area (Å²) >= 11 is 0. The fourth-order valence-electron chi connectivity index (χ4n) is 15.5. The topological polar surface area (TPSA) is 244 Å². The van der Waals surface area contributed by atoms with Crippen LogP contribution in [0.15, 0.2) is 11.6 Å². The highest BCUT2D eigenvalue weighted by molar-refractivity contribution is 5.78. The minimum atomic E-state index is -1.73. The first-order chi connectivity index (χ1) is 30.4. The summed E-state index contributed by atoms with van der Waals surface area (Å²) in [6.07, 6.45) is -11.7. The smallest absolute Gasteiger partial charge is 0.312 e.